The molecule has 0 saturated carbocycles. The van der Waals surface area contributed by atoms with E-state index in [0.717, 1.165) is 4.57 Å². The van der Waals surface area contributed by atoms with Crippen LogP contribution in [-0.4, -0.2) is 44.1 Å². The summed E-state index contributed by atoms with van der Waals surface area (Å²) in [5.74, 6) is -0.885. The van der Waals surface area contributed by atoms with Crippen molar-refractivity contribution in [2.45, 2.75) is 6.54 Å². The van der Waals surface area contributed by atoms with Crippen LogP contribution >= 0.6 is 11.6 Å². The number of imidazole rings is 1. The zero-order valence-electron chi connectivity index (χ0n) is 12.7. The summed E-state index contributed by atoms with van der Waals surface area (Å²) < 4.78 is 3.26. The number of halogens is 1. The van der Waals surface area contributed by atoms with Crippen LogP contribution in [-0.2, 0) is 30.2 Å². The highest BCUT2D eigenvalue weighted by atomic mass is 35.5. The van der Waals surface area contributed by atoms with Gasteiger partial charge in [0.05, 0.1) is 6.54 Å². The molecular formula is C12H15ClN6O4. The predicted molar refractivity (Wildman–Crippen MR) is 82.3 cm³/mol. The summed E-state index contributed by atoms with van der Waals surface area (Å²) in [6, 6.07) is 0. The van der Waals surface area contributed by atoms with Gasteiger partial charge in [0.2, 0.25) is 17.1 Å². The van der Waals surface area contributed by atoms with Crippen LogP contribution in [0.1, 0.15) is 0 Å². The van der Waals surface area contributed by atoms with Gasteiger partial charge in [0.15, 0.2) is 11.2 Å². The fourth-order valence-electron chi connectivity index (χ4n) is 2.03. The lowest BCUT2D eigenvalue weighted by molar-refractivity contribution is -0.126. The molecule has 23 heavy (non-hydrogen) atoms. The van der Waals surface area contributed by atoms with E-state index in [1.54, 1.807) is 0 Å². The summed E-state index contributed by atoms with van der Waals surface area (Å²) >= 11 is 5.98. The van der Waals surface area contributed by atoms with Gasteiger partial charge in [-0.1, -0.05) is 0 Å². The van der Waals surface area contributed by atoms with Gasteiger partial charge < -0.3 is 10.6 Å². The molecule has 0 fully saturated rings. The highest BCUT2D eigenvalue weighted by molar-refractivity contribution is 6.29. The molecule has 2 N–H and O–H groups in total. The quantitative estimate of drug-likeness (QED) is 0.620. The first-order valence-corrected chi connectivity index (χ1v) is 6.94. The van der Waals surface area contributed by atoms with Crippen molar-refractivity contribution in [2.24, 2.45) is 14.1 Å². The van der Waals surface area contributed by atoms with Gasteiger partial charge in [-0.15, -0.1) is 0 Å². The van der Waals surface area contributed by atoms with Gasteiger partial charge in [-0.25, -0.2) is 4.79 Å². The van der Waals surface area contributed by atoms with Crippen molar-refractivity contribution in [1.82, 2.24) is 29.3 Å². The Kier molecular flexibility index (Phi) is 4.55. The topological polar surface area (TPSA) is 120 Å². The predicted octanol–water partition coefficient (Wildman–Crippen LogP) is -2.05. The van der Waals surface area contributed by atoms with Crippen LogP contribution in [0.5, 0.6) is 0 Å². The zero-order chi connectivity index (χ0) is 17.3. The molecule has 0 aliphatic carbocycles. The van der Waals surface area contributed by atoms with Crippen molar-refractivity contribution in [3.8, 4) is 0 Å². The lowest BCUT2D eigenvalue weighted by Gasteiger charge is -2.08. The van der Waals surface area contributed by atoms with E-state index in [1.165, 1.54) is 30.3 Å². The molecule has 0 atom stereocenters. The van der Waals surface area contributed by atoms with Crippen LogP contribution in [0.2, 0.25) is 5.28 Å². The van der Waals surface area contributed by atoms with E-state index in [2.05, 4.69) is 15.6 Å². The summed E-state index contributed by atoms with van der Waals surface area (Å²) in [7, 11) is 4.21. The molecule has 2 aromatic heterocycles. The highest BCUT2D eigenvalue weighted by Crippen LogP contribution is 2.15. The maximum Gasteiger partial charge on any atom is 0.332 e. The number of amides is 2. The molecule has 0 aromatic carbocycles. The van der Waals surface area contributed by atoms with Crippen LogP contribution in [0.4, 0.5) is 0 Å². The fourth-order valence-corrected chi connectivity index (χ4v) is 2.26. The number of carbonyl (C=O) groups is 2. The van der Waals surface area contributed by atoms with Crippen molar-refractivity contribution in [3.05, 3.63) is 26.1 Å². The third-order valence-electron chi connectivity index (χ3n) is 3.33. The molecule has 0 spiro atoms. The second-order valence-electron chi connectivity index (χ2n) is 4.79. The van der Waals surface area contributed by atoms with Gasteiger partial charge in [-0.3, -0.25) is 28.1 Å². The van der Waals surface area contributed by atoms with Gasteiger partial charge >= 0.3 is 5.69 Å². The molecule has 2 aromatic rings. The van der Waals surface area contributed by atoms with Crippen LogP contribution in [0.15, 0.2) is 9.59 Å². The smallest absolute Gasteiger partial charge is 0.332 e. The minimum Gasteiger partial charge on any atom is -0.358 e. The first kappa shape index (κ1) is 16.7. The normalized spacial score (nSPS) is 10.8. The monoisotopic (exact) mass is 342 g/mol. The van der Waals surface area contributed by atoms with Gasteiger partial charge in [0.25, 0.3) is 5.56 Å². The van der Waals surface area contributed by atoms with Crippen molar-refractivity contribution < 1.29 is 9.59 Å². The Morgan fingerprint density at radius 1 is 1.17 bits per heavy atom. The number of rotatable bonds is 4. The molecule has 0 unspecified atom stereocenters. The summed E-state index contributed by atoms with van der Waals surface area (Å²) in [5, 5.41) is 4.64. The summed E-state index contributed by atoms with van der Waals surface area (Å²) in [4.78, 5) is 51.1. The molecule has 0 saturated heterocycles. The van der Waals surface area contributed by atoms with Crippen LogP contribution < -0.4 is 21.9 Å². The Morgan fingerprint density at radius 2 is 1.83 bits per heavy atom. The molecule has 0 aliphatic rings. The van der Waals surface area contributed by atoms with E-state index in [-0.39, 0.29) is 35.4 Å². The Bertz CT molecular complexity index is 909. The number of aromatic nitrogens is 4. The number of likely N-dealkylation sites (N-methyl/N-ethyl adjacent to an activating group) is 1. The van der Waals surface area contributed by atoms with E-state index in [9.17, 15) is 19.2 Å². The van der Waals surface area contributed by atoms with Crippen LogP contribution in [0.25, 0.3) is 11.2 Å². The first-order valence-electron chi connectivity index (χ1n) is 6.57. The molecule has 2 amide bonds. The molecule has 2 heterocycles. The average molecular weight is 343 g/mol. The number of nitrogens with zero attached hydrogens (tertiary/aromatic N) is 4. The maximum absolute atomic E-state index is 12.3. The standard InChI is InChI=1S/C12H15ClN6O4/c1-14-6(20)4-15-7(21)5-19-8-9(16-11(19)13)17(2)12(23)18(3)10(8)22/h4-5H2,1-3H3,(H,14,20)(H,15,21). The average Bonchev–Trinajstić information content (AvgIpc) is 2.85. The van der Waals surface area contributed by atoms with Gasteiger partial charge in [0.1, 0.15) is 6.54 Å². The van der Waals surface area contributed by atoms with E-state index in [4.69, 9.17) is 11.6 Å². The van der Waals surface area contributed by atoms with Crippen molar-refractivity contribution >= 4 is 34.6 Å². The minimum absolute atomic E-state index is 0.0368. The number of hydrogen-bond donors (Lipinski definition) is 2. The van der Waals surface area contributed by atoms with Crippen LogP contribution in [0.3, 0.4) is 0 Å². The maximum atomic E-state index is 12.3. The van der Waals surface area contributed by atoms with Gasteiger partial charge in [-0.2, -0.15) is 4.98 Å². The van der Waals surface area contributed by atoms with Gasteiger partial charge in [0, 0.05) is 21.1 Å². The SMILES string of the molecule is CNC(=O)CNC(=O)Cn1c(Cl)nc2c1c(=O)n(C)c(=O)n2C. The first-order chi connectivity index (χ1) is 10.8. The molecule has 0 bridgehead atoms. The Balaban J connectivity index is 2.44. The van der Waals surface area contributed by atoms with Gasteiger partial charge in [-0.05, 0) is 11.6 Å². The van der Waals surface area contributed by atoms with E-state index >= 15 is 0 Å². The molecule has 10 nitrogen and oxygen atoms in total. The highest BCUT2D eigenvalue weighted by Gasteiger charge is 2.19. The minimum atomic E-state index is -0.610. The number of hydrogen-bond acceptors (Lipinski definition) is 5. The molecule has 2 rings (SSSR count). The Labute approximate surface area is 134 Å². The fraction of sp³-hybridized carbons (Fsp3) is 0.417. The Hall–Kier alpha value is -2.62. The molecule has 11 heteroatoms. The number of nitrogens with one attached hydrogen (secondary N) is 2. The molecule has 124 valence electrons. The van der Waals surface area contributed by atoms with E-state index in [1.807, 2.05) is 0 Å². The molecular weight excluding hydrogens is 328 g/mol. The summed E-state index contributed by atoms with van der Waals surface area (Å²) in [5.41, 5.74) is -1.04. The lowest BCUT2D eigenvalue weighted by atomic mass is 10.4. The van der Waals surface area contributed by atoms with Crippen molar-refractivity contribution in [2.75, 3.05) is 13.6 Å². The van der Waals surface area contributed by atoms with Crippen molar-refractivity contribution in [3.63, 3.8) is 0 Å². The lowest BCUT2D eigenvalue weighted by Crippen LogP contribution is -2.39. The number of fused-ring (bicyclic) bond motifs is 1. The van der Waals surface area contributed by atoms with Crippen molar-refractivity contribution in [1.29, 1.82) is 0 Å². The Morgan fingerprint density at radius 3 is 2.43 bits per heavy atom. The van der Waals surface area contributed by atoms with E-state index < -0.39 is 17.2 Å². The molecule has 0 radical (unpaired) electrons. The third kappa shape index (κ3) is 2.97. The summed E-state index contributed by atoms with van der Waals surface area (Å²) in [6.45, 7) is -0.504. The largest absolute Gasteiger partial charge is 0.358 e. The van der Waals surface area contributed by atoms with E-state index in [0.29, 0.717) is 0 Å². The second kappa shape index (κ2) is 6.24. The van der Waals surface area contributed by atoms with Crippen LogP contribution in [0, 0.1) is 0 Å². The summed E-state index contributed by atoms with van der Waals surface area (Å²) in [6.07, 6.45) is 0. The third-order valence-corrected chi connectivity index (χ3v) is 3.62. The zero-order valence-corrected chi connectivity index (χ0v) is 13.5. The second-order valence-corrected chi connectivity index (χ2v) is 5.13. The number of aryl methyl sites for hydroxylation is 1. The number of carbonyl (C=O) groups excluding carboxylic acids is 2. The molecule has 0 aliphatic heterocycles.